The van der Waals surface area contributed by atoms with Crippen molar-refractivity contribution in [3.63, 3.8) is 0 Å². The van der Waals surface area contributed by atoms with Gasteiger partial charge in [0.25, 0.3) is 0 Å². The lowest BCUT2D eigenvalue weighted by Gasteiger charge is -2.37. The maximum Gasteiger partial charge on any atom is 0.166 e. The number of hydrogen-bond donors (Lipinski definition) is 0. The molecule has 2 aromatic carbocycles. The van der Waals surface area contributed by atoms with Gasteiger partial charge in [0.05, 0.1) is 0 Å². The molecular weight excluding hydrogens is 360 g/mol. The Balaban J connectivity index is 1.50. The van der Waals surface area contributed by atoms with E-state index in [0.717, 1.165) is 5.56 Å². The van der Waals surface area contributed by atoms with Gasteiger partial charge in [-0.05, 0) is 61.8 Å². The molecule has 0 N–H and O–H groups in total. The standard InChI is InChI=1S/C26H32OS/c27-26(22-16-18-24(19-17-22)28-23-14-8-3-9-15-23)25(20-10-4-1-5-11-20)21-12-6-2-7-13-21/h3,8-9,14-21,25H,1-2,4-7,10-13H2. The van der Waals surface area contributed by atoms with Crippen LogP contribution in [0.25, 0.3) is 0 Å². The zero-order valence-electron chi connectivity index (χ0n) is 16.8. The summed E-state index contributed by atoms with van der Waals surface area (Å²) in [6.45, 7) is 0. The molecule has 2 saturated carbocycles. The van der Waals surface area contributed by atoms with E-state index in [1.54, 1.807) is 11.8 Å². The summed E-state index contributed by atoms with van der Waals surface area (Å²) in [5, 5.41) is 0. The Morgan fingerprint density at radius 2 is 1.18 bits per heavy atom. The van der Waals surface area contributed by atoms with Crippen LogP contribution in [0.3, 0.4) is 0 Å². The maximum absolute atomic E-state index is 13.6. The molecule has 1 nitrogen and oxygen atoms in total. The number of benzene rings is 2. The molecule has 0 saturated heterocycles. The Morgan fingerprint density at radius 3 is 1.71 bits per heavy atom. The normalized spacial score (nSPS) is 19.0. The molecule has 0 radical (unpaired) electrons. The Bertz CT molecular complexity index is 722. The SMILES string of the molecule is O=C(c1ccc(Sc2ccccc2)cc1)C(C1CCCCC1)C1CCCCC1. The van der Waals surface area contributed by atoms with Crippen molar-refractivity contribution < 1.29 is 4.79 Å². The van der Waals surface area contributed by atoms with Crippen LogP contribution >= 0.6 is 11.8 Å². The molecule has 4 rings (SSSR count). The highest BCUT2D eigenvalue weighted by Crippen LogP contribution is 2.41. The third-order valence-electron chi connectivity index (χ3n) is 6.74. The quantitative estimate of drug-likeness (QED) is 0.466. The van der Waals surface area contributed by atoms with Crippen LogP contribution in [-0.4, -0.2) is 5.78 Å². The van der Waals surface area contributed by atoms with Crippen LogP contribution in [-0.2, 0) is 0 Å². The van der Waals surface area contributed by atoms with Crippen LogP contribution in [0.15, 0.2) is 64.4 Å². The first-order chi connectivity index (χ1) is 13.8. The van der Waals surface area contributed by atoms with Gasteiger partial charge in [-0.3, -0.25) is 4.79 Å². The molecular formula is C26H32OS. The van der Waals surface area contributed by atoms with Gasteiger partial charge in [0.1, 0.15) is 0 Å². The van der Waals surface area contributed by atoms with Gasteiger partial charge >= 0.3 is 0 Å². The molecule has 2 fully saturated rings. The topological polar surface area (TPSA) is 17.1 Å². The Morgan fingerprint density at radius 1 is 0.679 bits per heavy atom. The highest BCUT2D eigenvalue weighted by molar-refractivity contribution is 7.99. The lowest BCUT2D eigenvalue weighted by Crippen LogP contribution is -2.33. The summed E-state index contributed by atoms with van der Waals surface area (Å²) < 4.78 is 0. The van der Waals surface area contributed by atoms with Crippen LogP contribution in [0.4, 0.5) is 0 Å². The summed E-state index contributed by atoms with van der Waals surface area (Å²) in [6, 6.07) is 18.9. The minimum atomic E-state index is 0.258. The minimum Gasteiger partial charge on any atom is -0.294 e. The summed E-state index contributed by atoms with van der Waals surface area (Å²) in [4.78, 5) is 16.0. The molecule has 2 heteroatoms. The Labute approximate surface area is 174 Å². The van der Waals surface area contributed by atoms with Crippen molar-refractivity contribution >= 4 is 17.5 Å². The average Bonchev–Trinajstić information content (AvgIpc) is 2.77. The number of ketones is 1. The van der Waals surface area contributed by atoms with Crippen molar-refractivity contribution in [2.45, 2.75) is 74.0 Å². The van der Waals surface area contributed by atoms with Crippen molar-refractivity contribution in [3.05, 3.63) is 60.2 Å². The first kappa shape index (κ1) is 19.8. The van der Waals surface area contributed by atoms with Gasteiger partial charge in [-0.25, -0.2) is 0 Å². The van der Waals surface area contributed by atoms with E-state index in [1.807, 2.05) is 6.07 Å². The Hall–Kier alpha value is -1.54. The first-order valence-corrected chi connectivity index (χ1v) is 12.0. The first-order valence-electron chi connectivity index (χ1n) is 11.2. The summed E-state index contributed by atoms with van der Waals surface area (Å²) in [6.07, 6.45) is 13.0. The van der Waals surface area contributed by atoms with Crippen LogP contribution in [0.5, 0.6) is 0 Å². The lowest BCUT2D eigenvalue weighted by atomic mass is 9.67. The van der Waals surface area contributed by atoms with Crippen molar-refractivity contribution in [3.8, 4) is 0 Å². The predicted octanol–water partition coefficient (Wildman–Crippen LogP) is 7.80. The maximum atomic E-state index is 13.6. The summed E-state index contributed by atoms with van der Waals surface area (Å²) in [5.41, 5.74) is 0.929. The van der Waals surface area contributed by atoms with Crippen molar-refractivity contribution in [1.82, 2.24) is 0 Å². The molecule has 148 valence electrons. The third kappa shape index (κ3) is 4.89. The number of hydrogen-bond acceptors (Lipinski definition) is 2. The predicted molar refractivity (Wildman–Crippen MR) is 118 cm³/mol. The number of carbonyl (C=O) groups is 1. The second-order valence-corrected chi connectivity index (χ2v) is 9.77. The molecule has 0 spiro atoms. The smallest absolute Gasteiger partial charge is 0.166 e. The number of rotatable bonds is 6. The molecule has 2 aliphatic rings. The van der Waals surface area contributed by atoms with Crippen molar-refractivity contribution in [2.24, 2.45) is 17.8 Å². The average molecular weight is 393 g/mol. The van der Waals surface area contributed by atoms with Gasteiger partial charge in [-0.2, -0.15) is 0 Å². The van der Waals surface area contributed by atoms with Gasteiger partial charge in [0, 0.05) is 21.3 Å². The van der Waals surface area contributed by atoms with E-state index < -0.39 is 0 Å². The molecule has 0 heterocycles. The molecule has 0 amide bonds. The molecule has 2 aliphatic carbocycles. The van der Waals surface area contributed by atoms with E-state index in [2.05, 4.69) is 48.5 Å². The van der Waals surface area contributed by atoms with Crippen LogP contribution < -0.4 is 0 Å². The summed E-state index contributed by atoms with van der Waals surface area (Å²) in [5.74, 6) is 1.91. The molecule has 0 unspecified atom stereocenters. The van der Waals surface area contributed by atoms with Gasteiger partial charge in [0.2, 0.25) is 0 Å². The van der Waals surface area contributed by atoms with E-state index in [4.69, 9.17) is 0 Å². The highest BCUT2D eigenvalue weighted by Gasteiger charge is 2.36. The van der Waals surface area contributed by atoms with E-state index in [0.29, 0.717) is 17.6 Å². The monoisotopic (exact) mass is 392 g/mol. The molecule has 0 atom stereocenters. The zero-order valence-corrected chi connectivity index (χ0v) is 17.6. The molecule has 0 bridgehead atoms. The van der Waals surface area contributed by atoms with Gasteiger partial charge < -0.3 is 0 Å². The second kappa shape index (κ2) is 9.78. The number of carbonyl (C=O) groups excluding carboxylic acids is 1. The lowest BCUT2D eigenvalue weighted by molar-refractivity contribution is 0.0710. The van der Waals surface area contributed by atoms with E-state index in [9.17, 15) is 4.79 Å². The third-order valence-corrected chi connectivity index (χ3v) is 7.75. The van der Waals surface area contributed by atoms with E-state index >= 15 is 0 Å². The summed E-state index contributed by atoms with van der Waals surface area (Å²) >= 11 is 1.76. The highest BCUT2D eigenvalue weighted by atomic mass is 32.2. The van der Waals surface area contributed by atoms with E-state index in [-0.39, 0.29) is 5.92 Å². The summed E-state index contributed by atoms with van der Waals surface area (Å²) in [7, 11) is 0. The largest absolute Gasteiger partial charge is 0.294 e. The van der Waals surface area contributed by atoms with Crippen LogP contribution in [0.1, 0.15) is 74.6 Å². The zero-order chi connectivity index (χ0) is 19.2. The Kier molecular flexibility index (Phi) is 6.90. The van der Waals surface area contributed by atoms with E-state index in [1.165, 1.54) is 74.0 Å². The molecule has 2 aromatic rings. The van der Waals surface area contributed by atoms with Gasteiger partial charge in [-0.15, -0.1) is 0 Å². The fourth-order valence-electron chi connectivity index (χ4n) is 5.30. The van der Waals surface area contributed by atoms with Gasteiger partial charge in [-0.1, -0.05) is 80.6 Å². The molecule has 0 aliphatic heterocycles. The van der Waals surface area contributed by atoms with Crippen molar-refractivity contribution in [2.75, 3.05) is 0 Å². The fourth-order valence-corrected chi connectivity index (χ4v) is 6.14. The minimum absolute atomic E-state index is 0.258. The number of Topliss-reactive ketones (excluding diaryl/α,β-unsaturated/α-hetero) is 1. The van der Waals surface area contributed by atoms with Crippen LogP contribution in [0, 0.1) is 17.8 Å². The van der Waals surface area contributed by atoms with Crippen LogP contribution in [0.2, 0.25) is 0 Å². The van der Waals surface area contributed by atoms with Crippen molar-refractivity contribution in [1.29, 1.82) is 0 Å². The fraction of sp³-hybridized carbons (Fsp3) is 0.500. The van der Waals surface area contributed by atoms with Gasteiger partial charge in [0.15, 0.2) is 5.78 Å². The molecule has 0 aromatic heterocycles. The molecule has 28 heavy (non-hydrogen) atoms. The second-order valence-electron chi connectivity index (χ2n) is 8.63.